The van der Waals surface area contributed by atoms with Crippen molar-refractivity contribution in [2.75, 3.05) is 17.7 Å². The van der Waals surface area contributed by atoms with Crippen LogP contribution < -0.4 is 14.8 Å². The lowest BCUT2D eigenvalue weighted by Gasteiger charge is -2.09. The van der Waals surface area contributed by atoms with Crippen LogP contribution in [0.3, 0.4) is 0 Å². The summed E-state index contributed by atoms with van der Waals surface area (Å²) in [5.74, 6) is 2.91. The standard InChI is InChI=1S/C27H23NO3S/c29-27(28-22-13-17-25(18-14-22)31-24-7-3-1-4-8-24)21-11-15-23(16-12-21)30-19-20-32-26-9-5-2-6-10-26/h1-18H,19-20H2,(H,28,29). The molecule has 0 aromatic heterocycles. The fourth-order valence-corrected chi connectivity index (χ4v) is 3.72. The molecule has 0 atom stereocenters. The van der Waals surface area contributed by atoms with Gasteiger partial charge in [0.05, 0.1) is 6.61 Å². The van der Waals surface area contributed by atoms with Gasteiger partial charge in [-0.25, -0.2) is 0 Å². The van der Waals surface area contributed by atoms with E-state index in [1.807, 2.05) is 84.9 Å². The molecule has 4 aromatic carbocycles. The Hall–Kier alpha value is -3.70. The van der Waals surface area contributed by atoms with Crippen LogP contribution in [0.4, 0.5) is 5.69 Å². The van der Waals surface area contributed by atoms with Crippen LogP contribution in [-0.2, 0) is 0 Å². The minimum Gasteiger partial charge on any atom is -0.493 e. The SMILES string of the molecule is O=C(Nc1ccc(Oc2ccccc2)cc1)c1ccc(OCCSc2ccccc2)cc1. The second-order valence-corrected chi connectivity index (χ2v) is 8.10. The minimum absolute atomic E-state index is 0.173. The van der Waals surface area contributed by atoms with Crippen molar-refractivity contribution in [1.29, 1.82) is 0 Å². The normalized spacial score (nSPS) is 10.4. The van der Waals surface area contributed by atoms with E-state index >= 15 is 0 Å². The molecular formula is C27H23NO3S. The Balaban J connectivity index is 1.24. The van der Waals surface area contributed by atoms with Gasteiger partial charge >= 0.3 is 0 Å². The molecule has 0 aliphatic heterocycles. The van der Waals surface area contributed by atoms with Gasteiger partial charge in [-0.1, -0.05) is 36.4 Å². The fourth-order valence-electron chi connectivity index (χ4n) is 2.97. The second kappa shape index (κ2) is 11.1. The number of anilines is 1. The molecule has 1 amide bonds. The molecule has 0 bridgehead atoms. The molecule has 0 aliphatic rings. The highest BCUT2D eigenvalue weighted by Gasteiger charge is 2.07. The maximum Gasteiger partial charge on any atom is 0.255 e. The van der Waals surface area contributed by atoms with Crippen molar-refractivity contribution in [3.05, 3.63) is 115 Å². The molecule has 0 spiro atoms. The largest absolute Gasteiger partial charge is 0.493 e. The Morgan fingerprint density at radius 3 is 1.97 bits per heavy atom. The van der Waals surface area contributed by atoms with Crippen LogP contribution in [0.2, 0.25) is 0 Å². The van der Waals surface area contributed by atoms with Gasteiger partial charge in [0.1, 0.15) is 17.2 Å². The summed E-state index contributed by atoms with van der Waals surface area (Å²) in [7, 11) is 0. The van der Waals surface area contributed by atoms with E-state index in [4.69, 9.17) is 9.47 Å². The van der Waals surface area contributed by atoms with Crippen molar-refractivity contribution in [3.63, 3.8) is 0 Å². The van der Waals surface area contributed by atoms with Gasteiger partial charge in [-0.3, -0.25) is 4.79 Å². The number of para-hydroxylation sites is 1. The predicted octanol–water partition coefficient (Wildman–Crippen LogP) is 6.90. The highest BCUT2D eigenvalue weighted by Crippen LogP contribution is 2.23. The third-order valence-corrected chi connectivity index (χ3v) is 5.55. The molecule has 4 aromatic rings. The maximum absolute atomic E-state index is 12.5. The lowest BCUT2D eigenvalue weighted by molar-refractivity contribution is 0.102. The van der Waals surface area contributed by atoms with Crippen LogP contribution in [0.5, 0.6) is 17.2 Å². The smallest absolute Gasteiger partial charge is 0.255 e. The second-order valence-electron chi connectivity index (χ2n) is 6.93. The van der Waals surface area contributed by atoms with Gasteiger partial charge < -0.3 is 14.8 Å². The van der Waals surface area contributed by atoms with Gasteiger partial charge in [-0.2, -0.15) is 0 Å². The first-order valence-electron chi connectivity index (χ1n) is 10.3. The number of thioether (sulfide) groups is 1. The average molecular weight is 442 g/mol. The molecule has 0 radical (unpaired) electrons. The van der Waals surface area contributed by atoms with Gasteiger partial charge in [-0.05, 0) is 72.8 Å². The van der Waals surface area contributed by atoms with Gasteiger partial charge in [0.15, 0.2) is 0 Å². The lowest BCUT2D eigenvalue weighted by atomic mass is 10.2. The number of hydrogen-bond acceptors (Lipinski definition) is 4. The summed E-state index contributed by atoms with van der Waals surface area (Å²) in [5.41, 5.74) is 1.27. The van der Waals surface area contributed by atoms with Crippen LogP contribution in [-0.4, -0.2) is 18.3 Å². The summed E-state index contributed by atoms with van der Waals surface area (Å²) in [6.07, 6.45) is 0. The number of benzene rings is 4. The first-order valence-corrected chi connectivity index (χ1v) is 11.3. The number of ether oxygens (including phenoxy) is 2. The predicted molar refractivity (Wildman–Crippen MR) is 130 cm³/mol. The van der Waals surface area contributed by atoms with Crippen LogP contribution in [0.1, 0.15) is 10.4 Å². The summed E-state index contributed by atoms with van der Waals surface area (Å²) >= 11 is 1.75. The van der Waals surface area contributed by atoms with E-state index in [9.17, 15) is 4.79 Å². The van der Waals surface area contributed by atoms with Crippen molar-refractivity contribution < 1.29 is 14.3 Å². The molecule has 32 heavy (non-hydrogen) atoms. The molecule has 1 N–H and O–H groups in total. The average Bonchev–Trinajstić information content (AvgIpc) is 2.85. The minimum atomic E-state index is -0.173. The summed E-state index contributed by atoms with van der Waals surface area (Å²) in [6, 6.07) is 34.3. The Bertz CT molecular complexity index is 1120. The highest BCUT2D eigenvalue weighted by molar-refractivity contribution is 7.99. The molecular weight excluding hydrogens is 418 g/mol. The molecule has 5 heteroatoms. The zero-order valence-electron chi connectivity index (χ0n) is 17.4. The van der Waals surface area contributed by atoms with E-state index in [2.05, 4.69) is 17.4 Å². The number of rotatable bonds is 9. The molecule has 0 aliphatic carbocycles. The van der Waals surface area contributed by atoms with E-state index in [-0.39, 0.29) is 5.91 Å². The number of carbonyl (C=O) groups is 1. The Morgan fingerprint density at radius 1 is 0.688 bits per heavy atom. The molecule has 0 saturated heterocycles. The van der Waals surface area contributed by atoms with Crippen molar-refractivity contribution in [1.82, 2.24) is 0 Å². The van der Waals surface area contributed by atoms with Crippen LogP contribution in [0.15, 0.2) is 114 Å². The van der Waals surface area contributed by atoms with Crippen LogP contribution in [0, 0.1) is 0 Å². The number of carbonyl (C=O) groups excluding carboxylic acids is 1. The number of amides is 1. The van der Waals surface area contributed by atoms with Crippen molar-refractivity contribution >= 4 is 23.4 Å². The van der Waals surface area contributed by atoms with Gasteiger partial charge in [0.25, 0.3) is 5.91 Å². The van der Waals surface area contributed by atoms with E-state index < -0.39 is 0 Å². The first-order chi connectivity index (χ1) is 15.8. The summed E-state index contributed by atoms with van der Waals surface area (Å²) in [5, 5.41) is 2.90. The number of nitrogens with one attached hydrogen (secondary N) is 1. The van der Waals surface area contributed by atoms with Gasteiger partial charge in [0, 0.05) is 21.9 Å². The Kier molecular flexibility index (Phi) is 7.45. The lowest BCUT2D eigenvalue weighted by Crippen LogP contribution is -2.11. The first kappa shape index (κ1) is 21.5. The molecule has 0 heterocycles. The van der Waals surface area contributed by atoms with Crippen LogP contribution >= 0.6 is 11.8 Å². The summed E-state index contributed by atoms with van der Waals surface area (Å²) in [6.45, 7) is 0.600. The molecule has 0 saturated carbocycles. The zero-order chi connectivity index (χ0) is 22.0. The molecule has 160 valence electrons. The van der Waals surface area contributed by atoms with E-state index in [0.717, 1.165) is 17.3 Å². The van der Waals surface area contributed by atoms with Crippen molar-refractivity contribution in [2.24, 2.45) is 0 Å². The van der Waals surface area contributed by atoms with E-state index in [1.54, 1.807) is 23.9 Å². The fraction of sp³-hybridized carbons (Fsp3) is 0.0741. The molecule has 4 rings (SSSR count). The van der Waals surface area contributed by atoms with Crippen molar-refractivity contribution in [3.8, 4) is 17.2 Å². The Labute approximate surface area is 192 Å². The monoisotopic (exact) mass is 441 g/mol. The summed E-state index contributed by atoms with van der Waals surface area (Å²) in [4.78, 5) is 13.8. The zero-order valence-corrected chi connectivity index (χ0v) is 18.3. The molecule has 4 nitrogen and oxygen atoms in total. The molecule has 0 fully saturated rings. The van der Waals surface area contributed by atoms with E-state index in [0.29, 0.717) is 23.6 Å². The van der Waals surface area contributed by atoms with Gasteiger partial charge in [-0.15, -0.1) is 11.8 Å². The highest BCUT2D eigenvalue weighted by atomic mass is 32.2. The Morgan fingerprint density at radius 2 is 1.28 bits per heavy atom. The van der Waals surface area contributed by atoms with Crippen LogP contribution in [0.25, 0.3) is 0 Å². The summed E-state index contributed by atoms with van der Waals surface area (Å²) < 4.78 is 11.5. The van der Waals surface area contributed by atoms with E-state index in [1.165, 1.54) is 4.90 Å². The number of hydrogen-bond donors (Lipinski definition) is 1. The third kappa shape index (κ3) is 6.40. The third-order valence-electron chi connectivity index (χ3n) is 4.57. The molecule has 0 unspecified atom stereocenters. The topological polar surface area (TPSA) is 47.6 Å². The quantitative estimate of drug-likeness (QED) is 0.227. The maximum atomic E-state index is 12.5. The van der Waals surface area contributed by atoms with Crippen molar-refractivity contribution in [2.45, 2.75) is 4.90 Å². The van der Waals surface area contributed by atoms with Gasteiger partial charge in [0.2, 0.25) is 0 Å².